The van der Waals surface area contributed by atoms with Gasteiger partial charge in [-0.05, 0) is 52.2 Å². The third-order valence-electron chi connectivity index (χ3n) is 3.52. The molecule has 1 fully saturated rings. The van der Waals surface area contributed by atoms with E-state index in [0.29, 0.717) is 5.92 Å². The number of hydrogen-bond donors (Lipinski definition) is 1. The normalized spacial score (nSPS) is 30.1. The van der Waals surface area contributed by atoms with Crippen molar-refractivity contribution < 1.29 is 5.11 Å². The Morgan fingerprint density at radius 1 is 1.57 bits per heavy atom. The van der Waals surface area contributed by atoms with E-state index in [-0.39, 0.29) is 11.5 Å². The Morgan fingerprint density at radius 3 is 2.57 bits per heavy atom. The monoisotopic (exact) mass is 274 g/mol. The summed E-state index contributed by atoms with van der Waals surface area (Å²) in [5.74, 6) is 0.528. The van der Waals surface area contributed by atoms with E-state index in [9.17, 15) is 5.11 Å². The van der Waals surface area contributed by atoms with Crippen LogP contribution in [0, 0.1) is 12.3 Å². The smallest absolute Gasteiger partial charge is 0.0704 e. The van der Waals surface area contributed by atoms with Crippen LogP contribution in [0.3, 0.4) is 0 Å². The van der Waals surface area contributed by atoms with Crippen molar-refractivity contribution in [2.45, 2.75) is 39.2 Å². The van der Waals surface area contributed by atoms with Crippen molar-refractivity contribution in [3.05, 3.63) is 20.3 Å². The second kappa shape index (κ2) is 3.32. The van der Waals surface area contributed by atoms with Gasteiger partial charge >= 0.3 is 0 Å². The highest BCUT2D eigenvalue weighted by Crippen LogP contribution is 2.54. The highest BCUT2D eigenvalue weighted by atomic mass is 79.9. The zero-order chi connectivity index (χ0) is 10.5. The Hall–Kier alpha value is 0.140. The molecular weight excluding hydrogens is 260 g/mol. The highest BCUT2D eigenvalue weighted by Gasteiger charge is 2.48. The van der Waals surface area contributed by atoms with Crippen molar-refractivity contribution in [2.24, 2.45) is 5.41 Å². The summed E-state index contributed by atoms with van der Waals surface area (Å²) in [7, 11) is 0. The van der Waals surface area contributed by atoms with E-state index >= 15 is 0 Å². The zero-order valence-electron chi connectivity index (χ0n) is 8.67. The molecule has 1 aliphatic rings. The lowest BCUT2D eigenvalue weighted by atomic mass is 9.58. The van der Waals surface area contributed by atoms with Crippen molar-refractivity contribution in [1.29, 1.82) is 0 Å². The summed E-state index contributed by atoms with van der Waals surface area (Å²) in [6, 6.07) is 2.21. The van der Waals surface area contributed by atoms with E-state index in [1.54, 1.807) is 11.3 Å². The summed E-state index contributed by atoms with van der Waals surface area (Å²) < 4.78 is 1.20. The average Bonchev–Trinajstić information content (AvgIpc) is 2.40. The SMILES string of the molecule is Cc1sc(Br)cc1C1CC(O)C1(C)C. The molecule has 1 aliphatic carbocycles. The molecule has 0 aromatic carbocycles. The van der Waals surface area contributed by atoms with Crippen LogP contribution in [-0.4, -0.2) is 11.2 Å². The maximum atomic E-state index is 9.70. The van der Waals surface area contributed by atoms with E-state index < -0.39 is 0 Å². The lowest BCUT2D eigenvalue weighted by molar-refractivity contribution is -0.0625. The summed E-state index contributed by atoms with van der Waals surface area (Å²) >= 11 is 5.30. The van der Waals surface area contributed by atoms with Crippen molar-refractivity contribution in [3.63, 3.8) is 0 Å². The molecule has 2 rings (SSSR count). The predicted molar refractivity (Wildman–Crippen MR) is 63.9 cm³/mol. The van der Waals surface area contributed by atoms with Gasteiger partial charge in [0.1, 0.15) is 0 Å². The molecule has 0 amide bonds. The zero-order valence-corrected chi connectivity index (χ0v) is 11.1. The third kappa shape index (κ3) is 1.46. The van der Waals surface area contributed by atoms with Crippen LogP contribution in [0.4, 0.5) is 0 Å². The van der Waals surface area contributed by atoms with Crippen LogP contribution in [0.1, 0.15) is 36.6 Å². The molecule has 0 aliphatic heterocycles. The second-order valence-corrected chi connectivity index (χ2v) is 7.32. The molecule has 1 N–H and O–H groups in total. The summed E-state index contributed by atoms with van der Waals surface area (Å²) in [5.41, 5.74) is 1.46. The van der Waals surface area contributed by atoms with Crippen LogP contribution >= 0.6 is 27.3 Å². The van der Waals surface area contributed by atoms with Crippen molar-refractivity contribution >= 4 is 27.3 Å². The molecule has 3 heteroatoms. The molecule has 1 aromatic heterocycles. The van der Waals surface area contributed by atoms with Crippen molar-refractivity contribution in [3.8, 4) is 0 Å². The Kier molecular flexibility index (Phi) is 2.53. The summed E-state index contributed by atoms with van der Waals surface area (Å²) in [6.45, 7) is 6.46. The molecule has 1 saturated carbocycles. The highest BCUT2D eigenvalue weighted by molar-refractivity contribution is 9.11. The second-order valence-electron chi connectivity index (χ2n) is 4.69. The molecular formula is C11H15BrOS. The summed E-state index contributed by atoms with van der Waals surface area (Å²) in [6.07, 6.45) is 0.780. The van der Waals surface area contributed by atoms with Crippen LogP contribution in [0.2, 0.25) is 0 Å². The van der Waals surface area contributed by atoms with E-state index in [2.05, 4.69) is 42.8 Å². The minimum atomic E-state index is -0.134. The van der Waals surface area contributed by atoms with Crippen molar-refractivity contribution in [2.75, 3.05) is 0 Å². The molecule has 2 unspecified atom stereocenters. The standard InChI is InChI=1S/C11H15BrOS/c1-6-7(4-10(12)14-6)8-5-9(13)11(8,2)3/h4,8-9,13H,5H2,1-3H3. The van der Waals surface area contributed by atoms with Gasteiger partial charge < -0.3 is 5.11 Å². The van der Waals surface area contributed by atoms with Gasteiger partial charge in [-0.25, -0.2) is 0 Å². The number of thiophene rings is 1. The van der Waals surface area contributed by atoms with Gasteiger partial charge in [-0.2, -0.15) is 0 Å². The van der Waals surface area contributed by atoms with Gasteiger partial charge in [-0.15, -0.1) is 11.3 Å². The fourth-order valence-electron chi connectivity index (χ4n) is 2.23. The number of hydrogen-bond acceptors (Lipinski definition) is 2. The molecule has 1 heterocycles. The fourth-order valence-corrected chi connectivity index (χ4v) is 4.01. The van der Waals surface area contributed by atoms with Crippen LogP contribution in [0.5, 0.6) is 0 Å². The van der Waals surface area contributed by atoms with E-state index in [1.807, 2.05) is 0 Å². The minimum absolute atomic E-state index is 0.0469. The maximum Gasteiger partial charge on any atom is 0.0704 e. The Balaban J connectivity index is 2.30. The van der Waals surface area contributed by atoms with E-state index in [0.717, 1.165) is 6.42 Å². The van der Waals surface area contributed by atoms with Crippen molar-refractivity contribution in [1.82, 2.24) is 0 Å². The maximum absolute atomic E-state index is 9.70. The molecule has 0 spiro atoms. The first kappa shape index (κ1) is 10.7. The minimum Gasteiger partial charge on any atom is -0.393 e. The lowest BCUT2D eigenvalue weighted by Crippen LogP contribution is -2.47. The molecule has 1 nitrogen and oxygen atoms in total. The molecule has 78 valence electrons. The Labute approximate surface area is 97.3 Å². The molecule has 2 atom stereocenters. The van der Waals surface area contributed by atoms with Gasteiger partial charge in [0.25, 0.3) is 0 Å². The van der Waals surface area contributed by atoms with Gasteiger partial charge in [-0.1, -0.05) is 13.8 Å². The first-order chi connectivity index (χ1) is 6.43. The number of halogens is 1. The summed E-state index contributed by atoms with van der Waals surface area (Å²) in [4.78, 5) is 1.38. The molecule has 0 radical (unpaired) electrons. The van der Waals surface area contributed by atoms with Crippen LogP contribution in [0.25, 0.3) is 0 Å². The van der Waals surface area contributed by atoms with Crippen LogP contribution in [0.15, 0.2) is 9.85 Å². The van der Waals surface area contributed by atoms with Crippen LogP contribution in [-0.2, 0) is 0 Å². The van der Waals surface area contributed by atoms with Gasteiger partial charge in [0.05, 0.1) is 9.89 Å². The average molecular weight is 275 g/mol. The van der Waals surface area contributed by atoms with E-state index in [1.165, 1.54) is 14.2 Å². The van der Waals surface area contributed by atoms with Gasteiger partial charge in [0, 0.05) is 4.88 Å². The quantitative estimate of drug-likeness (QED) is 0.828. The molecule has 0 bridgehead atoms. The van der Waals surface area contributed by atoms with E-state index in [4.69, 9.17) is 0 Å². The van der Waals surface area contributed by atoms with Crippen LogP contribution < -0.4 is 0 Å². The van der Waals surface area contributed by atoms with Gasteiger partial charge in [-0.3, -0.25) is 0 Å². The molecule has 1 aromatic rings. The fraction of sp³-hybridized carbons (Fsp3) is 0.636. The number of aliphatic hydroxyl groups excluding tert-OH is 1. The number of aryl methyl sites for hydroxylation is 1. The third-order valence-corrected chi connectivity index (χ3v) is 5.09. The van der Waals surface area contributed by atoms with Gasteiger partial charge in [0.2, 0.25) is 0 Å². The Bertz CT molecular complexity index is 356. The number of rotatable bonds is 1. The first-order valence-electron chi connectivity index (χ1n) is 4.87. The summed E-state index contributed by atoms with van der Waals surface area (Å²) in [5, 5.41) is 9.70. The lowest BCUT2D eigenvalue weighted by Gasteiger charge is -2.49. The van der Waals surface area contributed by atoms with Gasteiger partial charge in [0.15, 0.2) is 0 Å². The predicted octanol–water partition coefficient (Wildman–Crippen LogP) is 3.69. The molecule has 0 saturated heterocycles. The molecule has 14 heavy (non-hydrogen) atoms. The Morgan fingerprint density at radius 2 is 2.21 bits per heavy atom. The first-order valence-corrected chi connectivity index (χ1v) is 6.47. The largest absolute Gasteiger partial charge is 0.393 e. The number of aliphatic hydroxyl groups is 1. The topological polar surface area (TPSA) is 20.2 Å².